The van der Waals surface area contributed by atoms with Crippen LogP contribution < -0.4 is 5.32 Å². The van der Waals surface area contributed by atoms with Gasteiger partial charge in [0.15, 0.2) is 0 Å². The highest BCUT2D eigenvalue weighted by molar-refractivity contribution is 4.89. The molecule has 3 aliphatic rings. The van der Waals surface area contributed by atoms with E-state index in [1.54, 1.807) is 0 Å². The van der Waals surface area contributed by atoms with E-state index in [0.717, 1.165) is 24.3 Å². The molecule has 2 aliphatic carbocycles. The van der Waals surface area contributed by atoms with Gasteiger partial charge in [0.2, 0.25) is 0 Å². The van der Waals surface area contributed by atoms with E-state index in [4.69, 9.17) is 5.11 Å². The van der Waals surface area contributed by atoms with Crippen LogP contribution in [0.5, 0.6) is 0 Å². The molecule has 0 amide bonds. The average molecular weight is 309 g/mol. The smallest absolute Gasteiger partial charge is 0.0431 e. The number of aliphatic hydroxyl groups excluding tert-OH is 1. The maximum absolute atomic E-state index is 9.16. The Balaban J connectivity index is 1.50. The van der Waals surface area contributed by atoms with E-state index in [9.17, 15) is 0 Å². The summed E-state index contributed by atoms with van der Waals surface area (Å²) in [5, 5.41) is 13.1. The van der Waals surface area contributed by atoms with Crippen LogP contribution in [0.2, 0.25) is 0 Å². The molecule has 0 bridgehead atoms. The molecule has 3 nitrogen and oxygen atoms in total. The van der Waals surface area contributed by atoms with E-state index in [1.165, 1.54) is 83.8 Å². The third-order valence-corrected chi connectivity index (χ3v) is 6.35. The summed E-state index contributed by atoms with van der Waals surface area (Å²) in [6.45, 7) is 4.16. The van der Waals surface area contributed by atoms with Crippen LogP contribution in [0.1, 0.15) is 70.6 Å². The van der Waals surface area contributed by atoms with Gasteiger partial charge in [0, 0.05) is 31.8 Å². The highest BCUT2D eigenvalue weighted by Gasteiger charge is 2.32. The topological polar surface area (TPSA) is 35.5 Å². The minimum Gasteiger partial charge on any atom is -0.396 e. The molecule has 1 heterocycles. The molecule has 2 N–H and O–H groups in total. The van der Waals surface area contributed by atoms with Crippen molar-refractivity contribution in [2.24, 2.45) is 11.8 Å². The number of likely N-dealkylation sites (tertiary alicyclic amines) is 1. The first-order valence-electron chi connectivity index (χ1n) is 9.93. The summed E-state index contributed by atoms with van der Waals surface area (Å²) in [7, 11) is 0. The molecule has 3 fully saturated rings. The fraction of sp³-hybridized carbons (Fsp3) is 1.00. The third kappa shape index (κ3) is 4.69. The number of piperidine rings is 1. The molecule has 2 atom stereocenters. The fourth-order valence-electron chi connectivity index (χ4n) is 5.09. The minimum atomic E-state index is 0.361. The van der Waals surface area contributed by atoms with Crippen molar-refractivity contribution in [2.45, 2.75) is 82.7 Å². The Morgan fingerprint density at radius 3 is 2.36 bits per heavy atom. The van der Waals surface area contributed by atoms with Crippen molar-refractivity contribution < 1.29 is 5.11 Å². The SMILES string of the molecule is OCCCC1CC(NCC2CCCC2)CN(C2CCCC2)C1. The largest absolute Gasteiger partial charge is 0.396 e. The lowest BCUT2D eigenvalue weighted by Crippen LogP contribution is -2.52. The van der Waals surface area contributed by atoms with Gasteiger partial charge in [-0.2, -0.15) is 0 Å². The number of nitrogens with zero attached hydrogens (tertiary/aromatic N) is 1. The summed E-state index contributed by atoms with van der Waals surface area (Å²) < 4.78 is 0. The zero-order chi connectivity index (χ0) is 15.2. The van der Waals surface area contributed by atoms with Crippen molar-refractivity contribution in [1.82, 2.24) is 10.2 Å². The molecule has 128 valence electrons. The molecule has 0 aromatic heterocycles. The quantitative estimate of drug-likeness (QED) is 0.758. The Bertz CT molecular complexity index is 311. The molecule has 1 aliphatic heterocycles. The zero-order valence-electron chi connectivity index (χ0n) is 14.3. The summed E-state index contributed by atoms with van der Waals surface area (Å²) in [5.41, 5.74) is 0. The molecular formula is C19H36N2O. The highest BCUT2D eigenvalue weighted by Crippen LogP contribution is 2.30. The summed E-state index contributed by atoms with van der Waals surface area (Å²) >= 11 is 0. The van der Waals surface area contributed by atoms with Gasteiger partial charge in [-0.3, -0.25) is 4.90 Å². The molecule has 2 unspecified atom stereocenters. The van der Waals surface area contributed by atoms with Crippen molar-refractivity contribution in [2.75, 3.05) is 26.2 Å². The van der Waals surface area contributed by atoms with Gasteiger partial charge in [-0.25, -0.2) is 0 Å². The molecule has 2 saturated carbocycles. The van der Waals surface area contributed by atoms with Crippen LogP contribution in [0.25, 0.3) is 0 Å². The van der Waals surface area contributed by atoms with Gasteiger partial charge in [-0.15, -0.1) is 0 Å². The van der Waals surface area contributed by atoms with Crippen LogP contribution in [0.3, 0.4) is 0 Å². The van der Waals surface area contributed by atoms with E-state index >= 15 is 0 Å². The van der Waals surface area contributed by atoms with Crippen LogP contribution in [0, 0.1) is 11.8 Å². The van der Waals surface area contributed by atoms with Crippen molar-refractivity contribution in [3.8, 4) is 0 Å². The zero-order valence-corrected chi connectivity index (χ0v) is 14.3. The van der Waals surface area contributed by atoms with Crippen LogP contribution in [0.4, 0.5) is 0 Å². The first-order valence-corrected chi connectivity index (χ1v) is 9.93. The molecule has 3 rings (SSSR count). The lowest BCUT2D eigenvalue weighted by Gasteiger charge is -2.41. The Labute approximate surface area is 136 Å². The van der Waals surface area contributed by atoms with Crippen LogP contribution >= 0.6 is 0 Å². The van der Waals surface area contributed by atoms with E-state index in [-0.39, 0.29) is 0 Å². The maximum atomic E-state index is 9.16. The van der Waals surface area contributed by atoms with E-state index < -0.39 is 0 Å². The lowest BCUT2D eigenvalue weighted by molar-refractivity contribution is 0.0903. The van der Waals surface area contributed by atoms with Crippen LogP contribution in [-0.4, -0.2) is 48.3 Å². The second kappa shape index (κ2) is 8.65. The number of aliphatic hydroxyl groups is 1. The van der Waals surface area contributed by atoms with Gasteiger partial charge in [-0.05, 0) is 63.3 Å². The second-order valence-electron chi connectivity index (χ2n) is 8.12. The van der Waals surface area contributed by atoms with Crippen molar-refractivity contribution in [3.63, 3.8) is 0 Å². The third-order valence-electron chi connectivity index (χ3n) is 6.35. The van der Waals surface area contributed by atoms with Crippen molar-refractivity contribution >= 4 is 0 Å². The number of rotatable bonds is 7. The first-order chi connectivity index (χ1) is 10.8. The highest BCUT2D eigenvalue weighted by atomic mass is 16.2. The van der Waals surface area contributed by atoms with E-state index in [1.807, 2.05) is 0 Å². The number of hydrogen-bond acceptors (Lipinski definition) is 3. The van der Waals surface area contributed by atoms with Gasteiger partial charge in [-0.1, -0.05) is 25.7 Å². The van der Waals surface area contributed by atoms with Gasteiger partial charge in [0.1, 0.15) is 0 Å². The minimum absolute atomic E-state index is 0.361. The molecule has 0 aromatic rings. The predicted octanol–water partition coefficient (Wildman–Crippen LogP) is 3.17. The number of hydrogen-bond donors (Lipinski definition) is 2. The van der Waals surface area contributed by atoms with E-state index in [2.05, 4.69) is 10.2 Å². The molecule has 0 radical (unpaired) electrons. The second-order valence-corrected chi connectivity index (χ2v) is 8.12. The molecule has 3 heteroatoms. The summed E-state index contributed by atoms with van der Waals surface area (Å²) in [6.07, 6.45) is 15.0. The lowest BCUT2D eigenvalue weighted by atomic mass is 9.89. The van der Waals surface area contributed by atoms with Crippen LogP contribution in [0.15, 0.2) is 0 Å². The maximum Gasteiger partial charge on any atom is 0.0431 e. The van der Waals surface area contributed by atoms with Gasteiger partial charge < -0.3 is 10.4 Å². The fourth-order valence-corrected chi connectivity index (χ4v) is 5.09. The molecule has 0 spiro atoms. The van der Waals surface area contributed by atoms with Crippen LogP contribution in [-0.2, 0) is 0 Å². The van der Waals surface area contributed by atoms with Gasteiger partial charge in [0.05, 0.1) is 0 Å². The summed E-state index contributed by atoms with van der Waals surface area (Å²) in [4.78, 5) is 2.80. The molecular weight excluding hydrogens is 272 g/mol. The Kier molecular flexibility index (Phi) is 6.58. The predicted molar refractivity (Wildman–Crippen MR) is 92.0 cm³/mol. The Hall–Kier alpha value is -0.120. The summed E-state index contributed by atoms with van der Waals surface area (Å²) in [6, 6.07) is 1.55. The standard InChI is InChI=1S/C19H36N2O/c22-11-5-8-17-12-18(20-13-16-6-1-2-7-16)15-21(14-17)19-9-3-4-10-19/h16-20,22H,1-15H2. The van der Waals surface area contributed by atoms with Gasteiger partial charge >= 0.3 is 0 Å². The Morgan fingerprint density at radius 1 is 0.909 bits per heavy atom. The van der Waals surface area contributed by atoms with Gasteiger partial charge in [0.25, 0.3) is 0 Å². The van der Waals surface area contributed by atoms with Crippen molar-refractivity contribution in [1.29, 1.82) is 0 Å². The number of nitrogens with one attached hydrogen (secondary N) is 1. The molecule has 1 saturated heterocycles. The summed E-state index contributed by atoms with van der Waals surface area (Å²) in [5.74, 6) is 1.74. The van der Waals surface area contributed by atoms with Crippen molar-refractivity contribution in [3.05, 3.63) is 0 Å². The Morgan fingerprint density at radius 2 is 1.64 bits per heavy atom. The molecule has 0 aromatic carbocycles. The molecule has 22 heavy (non-hydrogen) atoms. The van der Waals surface area contributed by atoms with E-state index in [0.29, 0.717) is 12.6 Å². The normalized spacial score (nSPS) is 32.0. The monoisotopic (exact) mass is 308 g/mol. The first kappa shape index (κ1) is 16.7. The average Bonchev–Trinajstić information content (AvgIpc) is 3.23.